The number of amides is 2. The summed E-state index contributed by atoms with van der Waals surface area (Å²) in [5, 5.41) is 38.7. The lowest BCUT2D eigenvalue weighted by atomic mass is 10.1. The predicted octanol–water partition coefficient (Wildman–Crippen LogP) is -3.30. The Labute approximate surface area is 135 Å². The van der Waals surface area contributed by atoms with Crippen LogP contribution in [-0.4, -0.2) is 74.9 Å². The summed E-state index contributed by atoms with van der Waals surface area (Å²) in [7, 11) is 0. The van der Waals surface area contributed by atoms with E-state index in [1.807, 2.05) is 10.6 Å². The second-order valence-corrected chi connectivity index (χ2v) is 4.78. The molecule has 0 aliphatic rings. The monoisotopic (exact) mass is 349 g/mol. The molecular formula is C12H19N3O9. The number of carbonyl (C=O) groups excluding carboxylic acids is 2. The maximum absolute atomic E-state index is 11.9. The number of aliphatic hydroxyl groups is 1. The average Bonchev–Trinajstić information content (AvgIpc) is 2.48. The topological polar surface area (TPSA) is 216 Å². The molecule has 2 amide bonds. The van der Waals surface area contributed by atoms with Gasteiger partial charge in [-0.15, -0.1) is 0 Å². The fourth-order valence-electron chi connectivity index (χ4n) is 1.53. The number of rotatable bonds is 11. The number of nitrogens with two attached hydrogens (primary N) is 1. The number of carbonyl (C=O) groups is 5. The Kier molecular flexibility index (Phi) is 8.97. The van der Waals surface area contributed by atoms with Gasteiger partial charge in [-0.25, -0.2) is 4.79 Å². The number of carboxylic acids is 3. The van der Waals surface area contributed by atoms with Gasteiger partial charge >= 0.3 is 17.9 Å². The van der Waals surface area contributed by atoms with Gasteiger partial charge in [0, 0.05) is 6.42 Å². The van der Waals surface area contributed by atoms with Crippen molar-refractivity contribution in [2.24, 2.45) is 5.73 Å². The largest absolute Gasteiger partial charge is 0.481 e. The highest BCUT2D eigenvalue weighted by Gasteiger charge is 2.29. The van der Waals surface area contributed by atoms with Gasteiger partial charge in [-0.3, -0.25) is 19.2 Å². The molecule has 0 aliphatic carbocycles. The summed E-state index contributed by atoms with van der Waals surface area (Å²) in [5.74, 6) is -6.30. The van der Waals surface area contributed by atoms with Crippen LogP contribution in [0.2, 0.25) is 0 Å². The van der Waals surface area contributed by atoms with Crippen molar-refractivity contribution in [2.45, 2.75) is 37.4 Å². The molecule has 0 radical (unpaired) electrons. The summed E-state index contributed by atoms with van der Waals surface area (Å²) in [6, 6.07) is -4.61. The van der Waals surface area contributed by atoms with E-state index in [2.05, 4.69) is 0 Å². The molecule has 12 nitrogen and oxygen atoms in total. The highest BCUT2D eigenvalue weighted by molar-refractivity contribution is 5.94. The zero-order chi connectivity index (χ0) is 18.9. The van der Waals surface area contributed by atoms with Gasteiger partial charge in [-0.2, -0.15) is 0 Å². The van der Waals surface area contributed by atoms with Crippen molar-refractivity contribution in [3.05, 3.63) is 0 Å². The van der Waals surface area contributed by atoms with Crippen LogP contribution in [0.25, 0.3) is 0 Å². The van der Waals surface area contributed by atoms with Gasteiger partial charge in [0.15, 0.2) is 0 Å². The van der Waals surface area contributed by atoms with Crippen molar-refractivity contribution in [3.8, 4) is 0 Å². The van der Waals surface area contributed by atoms with Crippen LogP contribution in [0.1, 0.15) is 19.3 Å². The lowest BCUT2D eigenvalue weighted by molar-refractivity contribution is -0.144. The molecule has 3 unspecified atom stereocenters. The van der Waals surface area contributed by atoms with E-state index in [-0.39, 0.29) is 6.42 Å². The smallest absolute Gasteiger partial charge is 0.328 e. The fraction of sp³-hybridized carbons (Fsp3) is 0.583. The van der Waals surface area contributed by atoms with Gasteiger partial charge in [-0.1, -0.05) is 0 Å². The molecule has 0 bridgehead atoms. The van der Waals surface area contributed by atoms with E-state index in [0.717, 1.165) is 0 Å². The lowest BCUT2D eigenvalue weighted by Crippen LogP contribution is -2.55. The Morgan fingerprint density at radius 2 is 1.42 bits per heavy atom. The standard InChI is InChI=1S/C12H19N3O9/c13-5(1-2-8(17)18)10(21)14-6(3-9(19)20)11(22)15-7(4-16)12(23)24/h5-7,16H,1-4,13H2,(H,14,21)(H,15,22)(H,17,18)(H,19,20)(H,23,24). The quantitative estimate of drug-likeness (QED) is 0.197. The second kappa shape index (κ2) is 10.1. The van der Waals surface area contributed by atoms with Crippen LogP contribution in [0.5, 0.6) is 0 Å². The predicted molar refractivity (Wildman–Crippen MR) is 75.7 cm³/mol. The summed E-state index contributed by atoms with van der Waals surface area (Å²) >= 11 is 0. The molecule has 0 fully saturated rings. The van der Waals surface area contributed by atoms with Crippen molar-refractivity contribution >= 4 is 29.7 Å². The molecule has 24 heavy (non-hydrogen) atoms. The molecular weight excluding hydrogens is 330 g/mol. The number of nitrogens with one attached hydrogen (secondary N) is 2. The molecule has 12 heteroatoms. The molecule has 0 rings (SSSR count). The van der Waals surface area contributed by atoms with E-state index < -0.39 is 67.3 Å². The van der Waals surface area contributed by atoms with Gasteiger partial charge in [0.2, 0.25) is 11.8 Å². The van der Waals surface area contributed by atoms with E-state index in [0.29, 0.717) is 0 Å². The number of aliphatic hydroxyl groups excluding tert-OH is 1. The SMILES string of the molecule is NC(CCC(=O)O)C(=O)NC(CC(=O)O)C(=O)NC(CO)C(=O)O. The van der Waals surface area contributed by atoms with Crippen molar-refractivity contribution in [3.63, 3.8) is 0 Å². The third-order valence-electron chi connectivity index (χ3n) is 2.81. The van der Waals surface area contributed by atoms with Crippen LogP contribution in [0.4, 0.5) is 0 Å². The Morgan fingerprint density at radius 3 is 1.83 bits per heavy atom. The van der Waals surface area contributed by atoms with Gasteiger partial charge in [0.25, 0.3) is 0 Å². The zero-order valence-corrected chi connectivity index (χ0v) is 12.5. The van der Waals surface area contributed by atoms with Crippen LogP contribution in [-0.2, 0) is 24.0 Å². The Hall–Kier alpha value is -2.73. The second-order valence-electron chi connectivity index (χ2n) is 4.78. The van der Waals surface area contributed by atoms with Crippen molar-refractivity contribution in [2.75, 3.05) is 6.61 Å². The molecule has 0 aromatic carbocycles. The lowest BCUT2D eigenvalue weighted by Gasteiger charge is -2.21. The van der Waals surface area contributed by atoms with E-state index in [4.69, 9.17) is 26.2 Å². The molecule has 0 heterocycles. The van der Waals surface area contributed by atoms with Crippen LogP contribution >= 0.6 is 0 Å². The maximum atomic E-state index is 11.9. The first-order chi connectivity index (χ1) is 11.1. The summed E-state index contributed by atoms with van der Waals surface area (Å²) < 4.78 is 0. The van der Waals surface area contributed by atoms with E-state index in [1.54, 1.807) is 0 Å². The van der Waals surface area contributed by atoms with Crippen LogP contribution in [0, 0.1) is 0 Å². The number of carboxylic acid groups (broad SMARTS) is 3. The molecule has 0 aromatic rings. The molecule has 8 N–H and O–H groups in total. The van der Waals surface area contributed by atoms with Crippen LogP contribution in [0.15, 0.2) is 0 Å². The summed E-state index contributed by atoms with van der Waals surface area (Å²) in [4.78, 5) is 55.6. The summed E-state index contributed by atoms with van der Waals surface area (Å²) in [6.07, 6.45) is -1.51. The van der Waals surface area contributed by atoms with Crippen LogP contribution < -0.4 is 16.4 Å². The molecule has 0 saturated heterocycles. The summed E-state index contributed by atoms with van der Waals surface area (Å²) in [5.41, 5.74) is 5.43. The van der Waals surface area contributed by atoms with Crippen molar-refractivity contribution in [1.82, 2.24) is 10.6 Å². The third kappa shape index (κ3) is 8.05. The molecule has 0 aliphatic heterocycles. The summed E-state index contributed by atoms with van der Waals surface area (Å²) in [6.45, 7) is -0.938. The van der Waals surface area contributed by atoms with E-state index >= 15 is 0 Å². The van der Waals surface area contributed by atoms with E-state index in [9.17, 15) is 24.0 Å². The normalized spacial score (nSPS) is 14.1. The minimum atomic E-state index is -1.67. The molecule has 0 aromatic heterocycles. The third-order valence-corrected chi connectivity index (χ3v) is 2.81. The van der Waals surface area contributed by atoms with Crippen molar-refractivity contribution in [1.29, 1.82) is 0 Å². The maximum Gasteiger partial charge on any atom is 0.328 e. The minimum absolute atomic E-state index is 0.239. The van der Waals surface area contributed by atoms with E-state index in [1.165, 1.54) is 0 Å². The highest BCUT2D eigenvalue weighted by atomic mass is 16.4. The van der Waals surface area contributed by atoms with Gasteiger partial charge in [0.1, 0.15) is 12.1 Å². The van der Waals surface area contributed by atoms with Gasteiger partial charge in [0.05, 0.1) is 19.1 Å². The first-order valence-electron chi connectivity index (χ1n) is 6.72. The highest BCUT2D eigenvalue weighted by Crippen LogP contribution is 1.99. The number of aliphatic carboxylic acids is 3. The van der Waals surface area contributed by atoms with Gasteiger partial charge in [-0.05, 0) is 6.42 Å². The fourth-order valence-corrected chi connectivity index (χ4v) is 1.53. The Morgan fingerprint density at radius 1 is 0.875 bits per heavy atom. The first-order valence-corrected chi connectivity index (χ1v) is 6.72. The Bertz CT molecular complexity index is 508. The zero-order valence-electron chi connectivity index (χ0n) is 12.5. The van der Waals surface area contributed by atoms with Gasteiger partial charge < -0.3 is 36.8 Å². The average molecular weight is 349 g/mol. The minimum Gasteiger partial charge on any atom is -0.481 e. The first kappa shape index (κ1) is 21.3. The molecule has 0 spiro atoms. The molecule has 136 valence electrons. The van der Waals surface area contributed by atoms with Crippen molar-refractivity contribution < 1.29 is 44.4 Å². The Balaban J connectivity index is 4.90. The number of hydrogen-bond donors (Lipinski definition) is 7. The molecule has 0 saturated carbocycles. The van der Waals surface area contributed by atoms with Crippen LogP contribution in [0.3, 0.4) is 0 Å². The number of hydrogen-bond acceptors (Lipinski definition) is 7. The molecule has 3 atom stereocenters.